The number of hydrogen-bond donors (Lipinski definition) is 1. The number of likely N-dealkylation sites (tertiary alicyclic amines) is 1. The van der Waals surface area contributed by atoms with Crippen LogP contribution < -0.4 is 4.74 Å². The number of carbonyl (C=O) groups is 1. The second-order valence-corrected chi connectivity index (χ2v) is 8.82. The van der Waals surface area contributed by atoms with Crippen LogP contribution in [0.25, 0.3) is 0 Å². The van der Waals surface area contributed by atoms with Crippen molar-refractivity contribution in [1.82, 2.24) is 4.90 Å². The first-order valence-corrected chi connectivity index (χ1v) is 11.5. The van der Waals surface area contributed by atoms with E-state index in [-0.39, 0.29) is 6.04 Å². The van der Waals surface area contributed by atoms with E-state index in [2.05, 4.69) is 4.90 Å². The summed E-state index contributed by atoms with van der Waals surface area (Å²) in [4.78, 5) is 14.1. The molecular weight excluding hydrogens is 445 g/mol. The Morgan fingerprint density at radius 1 is 0.969 bits per heavy atom. The smallest absolute Gasteiger partial charge is 0.320 e. The molecule has 2 unspecified atom stereocenters. The SMILES string of the molecule is O=C(O)C1CCCCN1C(c1cccc(OCc2ccccc2)c1)c1ccc(Cl)c(Cl)c1. The number of aliphatic carboxylic acids is 1. The van der Waals surface area contributed by atoms with Crippen LogP contribution in [0.2, 0.25) is 10.0 Å². The quantitative estimate of drug-likeness (QED) is 0.423. The summed E-state index contributed by atoms with van der Waals surface area (Å²) in [7, 11) is 0. The first-order valence-electron chi connectivity index (χ1n) is 10.7. The summed E-state index contributed by atoms with van der Waals surface area (Å²) >= 11 is 12.5. The summed E-state index contributed by atoms with van der Waals surface area (Å²) in [6.07, 6.45) is 2.48. The molecule has 0 aromatic heterocycles. The minimum atomic E-state index is -0.800. The van der Waals surface area contributed by atoms with Crippen LogP contribution in [0.3, 0.4) is 0 Å². The highest BCUT2D eigenvalue weighted by atomic mass is 35.5. The van der Waals surface area contributed by atoms with Gasteiger partial charge in [0, 0.05) is 0 Å². The maximum absolute atomic E-state index is 12.1. The predicted octanol–water partition coefficient (Wildman–Crippen LogP) is 6.60. The van der Waals surface area contributed by atoms with Gasteiger partial charge in [-0.3, -0.25) is 9.69 Å². The first-order chi connectivity index (χ1) is 15.5. The summed E-state index contributed by atoms with van der Waals surface area (Å²) in [5.41, 5.74) is 2.95. The van der Waals surface area contributed by atoms with E-state index in [0.717, 1.165) is 35.3 Å². The van der Waals surface area contributed by atoms with E-state index in [1.807, 2.05) is 66.7 Å². The minimum absolute atomic E-state index is 0.272. The van der Waals surface area contributed by atoms with Crippen LogP contribution in [0.4, 0.5) is 0 Å². The van der Waals surface area contributed by atoms with Gasteiger partial charge in [0.2, 0.25) is 0 Å². The Hall–Kier alpha value is -2.53. The number of piperidine rings is 1. The van der Waals surface area contributed by atoms with Crippen LogP contribution >= 0.6 is 23.2 Å². The summed E-state index contributed by atoms with van der Waals surface area (Å²) in [5.74, 6) is -0.0634. The van der Waals surface area contributed by atoms with Gasteiger partial charge in [0.1, 0.15) is 18.4 Å². The van der Waals surface area contributed by atoms with Crippen molar-refractivity contribution in [1.29, 1.82) is 0 Å². The number of benzene rings is 3. The van der Waals surface area contributed by atoms with E-state index in [0.29, 0.717) is 29.6 Å². The lowest BCUT2D eigenvalue weighted by Crippen LogP contribution is -2.46. The molecule has 3 aromatic rings. The highest BCUT2D eigenvalue weighted by Crippen LogP contribution is 2.37. The Labute approximate surface area is 198 Å². The monoisotopic (exact) mass is 469 g/mol. The number of halogens is 2. The fourth-order valence-corrected chi connectivity index (χ4v) is 4.61. The lowest BCUT2D eigenvalue weighted by molar-refractivity contribution is -0.145. The van der Waals surface area contributed by atoms with Crippen LogP contribution in [0.15, 0.2) is 72.8 Å². The number of hydrogen-bond acceptors (Lipinski definition) is 3. The van der Waals surface area contributed by atoms with Crippen LogP contribution in [-0.4, -0.2) is 28.6 Å². The molecule has 0 aliphatic carbocycles. The number of carboxylic acid groups (broad SMARTS) is 1. The van der Waals surface area contributed by atoms with Crippen LogP contribution in [-0.2, 0) is 11.4 Å². The van der Waals surface area contributed by atoms with Gasteiger partial charge in [-0.2, -0.15) is 0 Å². The zero-order chi connectivity index (χ0) is 22.5. The van der Waals surface area contributed by atoms with Gasteiger partial charge in [0.05, 0.1) is 16.1 Å². The molecule has 4 rings (SSSR count). The third kappa shape index (κ3) is 5.26. The van der Waals surface area contributed by atoms with Gasteiger partial charge in [-0.05, 0) is 60.3 Å². The summed E-state index contributed by atoms with van der Waals surface area (Å²) < 4.78 is 6.04. The van der Waals surface area contributed by atoms with Gasteiger partial charge in [0.25, 0.3) is 0 Å². The minimum Gasteiger partial charge on any atom is -0.489 e. The molecule has 0 bridgehead atoms. The molecule has 166 valence electrons. The molecule has 6 heteroatoms. The van der Waals surface area contributed by atoms with Crippen LogP contribution in [0.1, 0.15) is 42.0 Å². The highest BCUT2D eigenvalue weighted by molar-refractivity contribution is 6.42. The molecule has 1 heterocycles. The molecule has 2 atom stereocenters. The van der Waals surface area contributed by atoms with Crippen molar-refractivity contribution in [2.75, 3.05) is 6.54 Å². The molecule has 0 saturated carbocycles. The van der Waals surface area contributed by atoms with E-state index in [4.69, 9.17) is 27.9 Å². The summed E-state index contributed by atoms with van der Waals surface area (Å²) in [6, 6.07) is 22.5. The van der Waals surface area contributed by atoms with Crippen molar-refractivity contribution in [3.63, 3.8) is 0 Å². The second-order valence-electron chi connectivity index (χ2n) is 8.01. The molecule has 0 radical (unpaired) electrons. The number of ether oxygens (including phenoxy) is 1. The van der Waals surface area contributed by atoms with Crippen molar-refractivity contribution in [2.45, 2.75) is 38.0 Å². The van der Waals surface area contributed by atoms with Crippen molar-refractivity contribution in [2.24, 2.45) is 0 Å². The summed E-state index contributed by atoms with van der Waals surface area (Å²) in [5, 5.41) is 10.8. The van der Waals surface area contributed by atoms with Gasteiger partial charge in [-0.25, -0.2) is 0 Å². The predicted molar refractivity (Wildman–Crippen MR) is 128 cm³/mol. The molecule has 0 spiro atoms. The maximum atomic E-state index is 12.1. The highest BCUT2D eigenvalue weighted by Gasteiger charge is 2.35. The van der Waals surface area contributed by atoms with Gasteiger partial charge in [-0.15, -0.1) is 0 Å². The Kier molecular flexibility index (Phi) is 7.36. The largest absolute Gasteiger partial charge is 0.489 e. The van der Waals surface area contributed by atoms with E-state index >= 15 is 0 Å². The molecule has 32 heavy (non-hydrogen) atoms. The Balaban J connectivity index is 1.69. The van der Waals surface area contributed by atoms with Crippen molar-refractivity contribution >= 4 is 29.2 Å². The lowest BCUT2D eigenvalue weighted by Gasteiger charge is -2.39. The van der Waals surface area contributed by atoms with E-state index in [9.17, 15) is 9.90 Å². The number of nitrogens with zero attached hydrogens (tertiary/aromatic N) is 1. The Morgan fingerprint density at radius 2 is 1.75 bits per heavy atom. The topological polar surface area (TPSA) is 49.8 Å². The molecule has 1 aliphatic heterocycles. The van der Waals surface area contributed by atoms with Gasteiger partial charge in [0.15, 0.2) is 0 Å². The summed E-state index contributed by atoms with van der Waals surface area (Å²) in [6.45, 7) is 1.15. The fourth-order valence-electron chi connectivity index (χ4n) is 4.30. The lowest BCUT2D eigenvalue weighted by atomic mass is 9.91. The van der Waals surface area contributed by atoms with Gasteiger partial charge < -0.3 is 9.84 Å². The van der Waals surface area contributed by atoms with E-state index in [1.165, 1.54) is 0 Å². The third-order valence-electron chi connectivity index (χ3n) is 5.84. The van der Waals surface area contributed by atoms with E-state index in [1.54, 1.807) is 6.07 Å². The zero-order valence-electron chi connectivity index (χ0n) is 17.6. The molecule has 1 N–H and O–H groups in total. The van der Waals surface area contributed by atoms with Crippen LogP contribution in [0, 0.1) is 0 Å². The zero-order valence-corrected chi connectivity index (χ0v) is 19.1. The van der Waals surface area contributed by atoms with Gasteiger partial charge in [-0.1, -0.05) is 78.2 Å². The molecule has 1 aliphatic rings. The first kappa shape index (κ1) is 22.7. The third-order valence-corrected chi connectivity index (χ3v) is 6.58. The number of rotatable bonds is 7. The fraction of sp³-hybridized carbons (Fsp3) is 0.269. The molecule has 1 fully saturated rings. The standard InChI is InChI=1S/C26H25Cl2NO3/c27-22-13-12-20(16-23(22)28)25(29-14-5-4-11-24(29)26(30)31)19-9-6-10-21(15-19)32-17-18-7-2-1-3-8-18/h1-3,6-10,12-13,15-16,24-25H,4-5,11,14,17H2,(H,30,31). The average molecular weight is 470 g/mol. The molecule has 3 aromatic carbocycles. The van der Waals surface area contributed by atoms with Crippen molar-refractivity contribution < 1.29 is 14.6 Å². The maximum Gasteiger partial charge on any atom is 0.320 e. The van der Waals surface area contributed by atoms with Crippen molar-refractivity contribution in [3.8, 4) is 5.75 Å². The Bertz CT molecular complexity index is 1070. The molecule has 0 amide bonds. The molecule has 4 nitrogen and oxygen atoms in total. The molecular formula is C26H25Cl2NO3. The second kappa shape index (κ2) is 10.4. The molecule has 1 saturated heterocycles. The normalized spacial score (nSPS) is 17.6. The van der Waals surface area contributed by atoms with Crippen molar-refractivity contribution in [3.05, 3.63) is 99.5 Å². The van der Waals surface area contributed by atoms with Gasteiger partial charge >= 0.3 is 5.97 Å². The van der Waals surface area contributed by atoms with Crippen LogP contribution in [0.5, 0.6) is 5.75 Å². The number of carboxylic acids is 1. The van der Waals surface area contributed by atoms with E-state index < -0.39 is 12.0 Å². The average Bonchev–Trinajstić information content (AvgIpc) is 2.81. The Morgan fingerprint density at radius 3 is 2.50 bits per heavy atom.